The van der Waals surface area contributed by atoms with Crippen LogP contribution in [0.1, 0.15) is 62.1 Å². The summed E-state index contributed by atoms with van der Waals surface area (Å²) in [6, 6.07) is 21.4. The summed E-state index contributed by atoms with van der Waals surface area (Å²) in [5.74, 6) is -0.544. The molecule has 3 aromatic carbocycles. The Morgan fingerprint density at radius 3 is 2.35 bits per heavy atom. The summed E-state index contributed by atoms with van der Waals surface area (Å²) < 4.78 is 50.1. The Balaban J connectivity index is 1.09. The monoisotopic (exact) mass is 645 g/mol. The van der Waals surface area contributed by atoms with Gasteiger partial charge in [0.05, 0.1) is 18.0 Å². The molecule has 2 heterocycles. The van der Waals surface area contributed by atoms with Crippen molar-refractivity contribution >= 4 is 32.8 Å². The van der Waals surface area contributed by atoms with Crippen LogP contribution in [0.4, 0.5) is 4.39 Å². The van der Waals surface area contributed by atoms with Crippen LogP contribution in [0.3, 0.4) is 0 Å². The number of benzene rings is 3. The molecule has 242 valence electrons. The molecule has 6 rings (SSSR count). The first-order valence-corrected chi connectivity index (χ1v) is 17.4. The summed E-state index contributed by atoms with van der Waals surface area (Å²) in [5, 5.41) is 0.936. The fraction of sp³-hybridized carbons (Fsp3) is 0.389. The fourth-order valence-corrected chi connectivity index (χ4v) is 8.31. The molecule has 1 saturated carbocycles. The van der Waals surface area contributed by atoms with Crippen LogP contribution in [-0.4, -0.2) is 49.5 Å². The quantitative estimate of drug-likeness (QED) is 0.216. The van der Waals surface area contributed by atoms with Gasteiger partial charge in [-0.15, -0.1) is 0 Å². The lowest BCUT2D eigenvalue weighted by Crippen LogP contribution is -2.42. The highest BCUT2D eigenvalue weighted by Gasteiger charge is 2.36. The van der Waals surface area contributed by atoms with Crippen molar-refractivity contribution in [2.45, 2.75) is 68.3 Å². The van der Waals surface area contributed by atoms with E-state index in [1.54, 1.807) is 24.3 Å². The lowest BCUT2D eigenvalue weighted by Gasteiger charge is -2.33. The second-order valence-electron chi connectivity index (χ2n) is 12.5. The van der Waals surface area contributed by atoms with Crippen molar-refractivity contribution in [2.24, 2.45) is 13.0 Å². The minimum atomic E-state index is -3.77. The zero-order chi connectivity index (χ0) is 32.4. The van der Waals surface area contributed by atoms with E-state index >= 15 is 0 Å². The zero-order valence-corrected chi connectivity index (χ0v) is 27.1. The zero-order valence-electron chi connectivity index (χ0n) is 26.2. The highest BCUT2D eigenvalue weighted by molar-refractivity contribution is 7.89. The van der Waals surface area contributed by atoms with E-state index in [1.165, 1.54) is 19.2 Å². The third-order valence-corrected chi connectivity index (χ3v) is 11.1. The Hall–Kier alpha value is -4.02. The van der Waals surface area contributed by atoms with Crippen LogP contribution in [0.15, 0.2) is 77.7 Å². The van der Waals surface area contributed by atoms with Crippen LogP contribution >= 0.6 is 0 Å². The number of hydrogen-bond acceptors (Lipinski definition) is 5. The molecule has 2 fully saturated rings. The van der Waals surface area contributed by atoms with Gasteiger partial charge < -0.3 is 14.2 Å². The molecule has 0 radical (unpaired) electrons. The van der Waals surface area contributed by atoms with Gasteiger partial charge in [0, 0.05) is 48.6 Å². The summed E-state index contributed by atoms with van der Waals surface area (Å²) in [6.07, 6.45) is 5.15. The Morgan fingerprint density at radius 1 is 0.935 bits per heavy atom. The predicted octanol–water partition coefficient (Wildman–Crippen LogP) is 6.29. The van der Waals surface area contributed by atoms with Gasteiger partial charge in [-0.1, -0.05) is 42.5 Å². The predicted molar refractivity (Wildman–Crippen MR) is 175 cm³/mol. The van der Waals surface area contributed by atoms with Crippen molar-refractivity contribution in [3.63, 3.8) is 0 Å². The largest absolute Gasteiger partial charge is 0.469 e. The summed E-state index contributed by atoms with van der Waals surface area (Å²) >= 11 is 0. The van der Waals surface area contributed by atoms with Crippen molar-refractivity contribution in [2.75, 3.05) is 13.7 Å². The van der Waals surface area contributed by atoms with Crippen molar-refractivity contribution in [3.05, 3.63) is 89.7 Å². The minimum Gasteiger partial charge on any atom is -0.469 e. The number of rotatable bonds is 9. The number of fused-ring (bicyclic) bond motifs is 1. The molecule has 1 N–H and O–H groups in total. The molecular formula is C36H40FN3O5S. The number of methoxy groups -OCH3 is 1. The smallest absolute Gasteiger partial charge is 0.305 e. The Bertz CT molecular complexity index is 1830. The van der Waals surface area contributed by atoms with Crippen LogP contribution in [0.5, 0.6) is 0 Å². The Morgan fingerprint density at radius 2 is 1.65 bits per heavy atom. The van der Waals surface area contributed by atoms with Gasteiger partial charge in [-0.3, -0.25) is 9.59 Å². The van der Waals surface area contributed by atoms with Gasteiger partial charge in [-0.05, 0) is 92.0 Å². The number of carbonyl (C=O) groups is 2. The van der Waals surface area contributed by atoms with E-state index in [9.17, 15) is 22.4 Å². The summed E-state index contributed by atoms with van der Waals surface area (Å²) in [7, 11) is -0.466. The molecule has 1 aromatic heterocycles. The number of sulfonamides is 1. The van der Waals surface area contributed by atoms with Gasteiger partial charge in [0.2, 0.25) is 15.9 Å². The maximum absolute atomic E-state index is 13.5. The van der Waals surface area contributed by atoms with E-state index in [0.29, 0.717) is 45.1 Å². The first-order chi connectivity index (χ1) is 22.1. The second kappa shape index (κ2) is 13.4. The normalized spacial score (nSPS) is 20.2. The number of halogens is 1. The van der Waals surface area contributed by atoms with Crippen molar-refractivity contribution in [1.82, 2.24) is 14.2 Å². The number of hydrogen-bond donors (Lipinski definition) is 1. The van der Waals surface area contributed by atoms with E-state index in [4.69, 9.17) is 4.74 Å². The van der Waals surface area contributed by atoms with Gasteiger partial charge in [-0.25, -0.2) is 17.5 Å². The van der Waals surface area contributed by atoms with Crippen LogP contribution in [0, 0.1) is 11.7 Å². The molecule has 46 heavy (non-hydrogen) atoms. The molecule has 1 saturated heterocycles. The molecule has 1 amide bonds. The number of likely N-dealkylation sites (tertiary alicyclic amines) is 1. The van der Waals surface area contributed by atoms with Gasteiger partial charge in [0.1, 0.15) is 5.82 Å². The molecule has 0 spiro atoms. The molecule has 1 aliphatic carbocycles. The number of aryl methyl sites for hydroxylation is 2. The van der Waals surface area contributed by atoms with E-state index in [0.717, 1.165) is 46.1 Å². The Labute approximate surface area is 269 Å². The van der Waals surface area contributed by atoms with Gasteiger partial charge in [0.25, 0.3) is 0 Å². The lowest BCUT2D eigenvalue weighted by molar-refractivity contribution is -0.140. The number of nitrogens with one attached hydrogen (secondary N) is 1. The van der Waals surface area contributed by atoms with Crippen LogP contribution < -0.4 is 4.72 Å². The maximum Gasteiger partial charge on any atom is 0.305 e. The standard InChI is InChI=1S/C36H40FN3O5S/c1-39-33(26-8-5-24(6-9-26)7-20-35(41)45-2)22-28-14-19-31(23-34(28)39)46(43,44)38-30-17-12-27(13-18-30)36(42)40-21-3-4-32(40)25-10-15-29(37)16-11-25/h5-6,8-11,14-16,19,22-23,27,30,32,38H,3-4,7,12-13,17-18,20-21H2,1-2H3/t27-,30-,32?. The van der Waals surface area contributed by atoms with Crippen LogP contribution in [0.25, 0.3) is 22.2 Å². The van der Waals surface area contributed by atoms with E-state index in [-0.39, 0.29) is 40.6 Å². The summed E-state index contributed by atoms with van der Waals surface area (Å²) in [5.41, 5.74) is 4.76. The van der Waals surface area contributed by atoms with E-state index < -0.39 is 10.0 Å². The summed E-state index contributed by atoms with van der Waals surface area (Å²) in [6.45, 7) is 0.694. The third-order valence-electron chi connectivity index (χ3n) is 9.61. The van der Waals surface area contributed by atoms with Crippen molar-refractivity contribution < 1.29 is 27.1 Å². The number of esters is 1. The van der Waals surface area contributed by atoms with Crippen LogP contribution in [0.2, 0.25) is 0 Å². The van der Waals surface area contributed by atoms with Crippen LogP contribution in [-0.2, 0) is 37.8 Å². The second-order valence-corrected chi connectivity index (χ2v) is 14.2. The molecular weight excluding hydrogens is 605 g/mol. The average Bonchev–Trinajstić information content (AvgIpc) is 3.69. The number of aromatic nitrogens is 1. The van der Waals surface area contributed by atoms with Gasteiger partial charge in [0.15, 0.2) is 0 Å². The molecule has 8 nitrogen and oxygen atoms in total. The lowest BCUT2D eigenvalue weighted by atomic mass is 9.85. The first-order valence-electron chi connectivity index (χ1n) is 16.0. The van der Waals surface area contributed by atoms with E-state index in [2.05, 4.69) is 4.72 Å². The van der Waals surface area contributed by atoms with E-state index in [1.807, 2.05) is 52.9 Å². The van der Waals surface area contributed by atoms with Crippen molar-refractivity contribution in [1.29, 1.82) is 0 Å². The molecule has 1 aliphatic heterocycles. The molecule has 4 aromatic rings. The average molecular weight is 646 g/mol. The van der Waals surface area contributed by atoms with Gasteiger partial charge >= 0.3 is 5.97 Å². The minimum absolute atomic E-state index is 0.0327. The number of amides is 1. The SMILES string of the molecule is COC(=O)CCc1ccc(-c2cc3ccc(S(=O)(=O)N[C@H]4CC[C@H](C(=O)N5CCCC5c5ccc(F)cc5)CC4)cc3n2C)cc1. The molecule has 10 heteroatoms. The molecule has 1 atom stereocenters. The molecule has 1 unspecified atom stereocenters. The number of nitrogens with zero attached hydrogens (tertiary/aromatic N) is 2. The summed E-state index contributed by atoms with van der Waals surface area (Å²) in [4.78, 5) is 27.1. The Kier molecular flexibility index (Phi) is 9.29. The van der Waals surface area contributed by atoms with Gasteiger partial charge in [-0.2, -0.15) is 0 Å². The number of carbonyl (C=O) groups excluding carboxylic acids is 2. The van der Waals surface area contributed by atoms with Crippen molar-refractivity contribution in [3.8, 4) is 11.3 Å². The highest BCUT2D eigenvalue weighted by Crippen LogP contribution is 2.36. The topological polar surface area (TPSA) is 97.7 Å². The molecule has 2 aliphatic rings. The highest BCUT2D eigenvalue weighted by atomic mass is 32.2. The third kappa shape index (κ3) is 6.73. The first kappa shape index (κ1) is 31.9. The maximum atomic E-state index is 13.5. The number of ether oxygens (including phenoxy) is 1. The fourth-order valence-electron chi connectivity index (χ4n) is 6.99. The molecule has 0 bridgehead atoms.